The summed E-state index contributed by atoms with van der Waals surface area (Å²) in [5.74, 6) is 3.10. The fourth-order valence-electron chi connectivity index (χ4n) is 0.950. The predicted octanol–water partition coefficient (Wildman–Crippen LogP) is 2.87. The molecule has 0 bridgehead atoms. The second-order valence-electron chi connectivity index (χ2n) is 2.80. The molecule has 0 spiro atoms. The van der Waals surface area contributed by atoms with Crippen LogP contribution in [0.1, 0.15) is 17.4 Å². The molecule has 0 aliphatic rings. The Morgan fingerprint density at radius 3 is 2.91 bits per heavy atom. The topological polar surface area (TPSA) is 0 Å². The van der Waals surface area contributed by atoms with E-state index >= 15 is 0 Å². The molecule has 1 heterocycles. The summed E-state index contributed by atoms with van der Waals surface area (Å²) in [5, 5.41) is 2.12. The van der Waals surface area contributed by atoms with Crippen LogP contribution in [-0.4, -0.2) is 0 Å². The number of aryl methyl sites for hydroxylation is 1. The van der Waals surface area contributed by atoms with Crippen LogP contribution >= 0.6 is 11.3 Å². The van der Waals surface area contributed by atoms with Crippen LogP contribution in [0.15, 0.2) is 11.4 Å². The van der Waals surface area contributed by atoms with Crippen molar-refractivity contribution < 1.29 is 0 Å². The van der Waals surface area contributed by atoms with Crippen molar-refractivity contribution >= 4 is 11.3 Å². The zero-order chi connectivity index (χ0) is 8.27. The molecule has 1 unspecified atom stereocenters. The van der Waals surface area contributed by atoms with Crippen LogP contribution in [-0.2, 0) is 6.42 Å². The van der Waals surface area contributed by atoms with E-state index in [0.29, 0.717) is 5.92 Å². The average Bonchev–Trinajstić information content (AvgIpc) is 2.37. The Kier molecular flexibility index (Phi) is 2.73. The summed E-state index contributed by atoms with van der Waals surface area (Å²) in [5.41, 5.74) is 1.37. The number of hydrogen-bond acceptors (Lipinski definition) is 1. The highest BCUT2D eigenvalue weighted by Crippen LogP contribution is 2.18. The molecule has 0 N–H and O–H groups in total. The molecule has 0 aromatic carbocycles. The smallest absolute Gasteiger partial charge is 0.0220 e. The molecular formula is C10H12S. The molecule has 0 fully saturated rings. The van der Waals surface area contributed by atoms with Gasteiger partial charge in [-0.3, -0.25) is 0 Å². The second kappa shape index (κ2) is 3.59. The summed E-state index contributed by atoms with van der Waals surface area (Å²) in [7, 11) is 0. The number of rotatable bonds is 2. The lowest BCUT2D eigenvalue weighted by atomic mass is 10.1. The van der Waals surface area contributed by atoms with E-state index in [9.17, 15) is 0 Å². The van der Waals surface area contributed by atoms with E-state index in [1.54, 1.807) is 11.3 Å². The van der Waals surface area contributed by atoms with Gasteiger partial charge in [-0.05, 0) is 30.4 Å². The van der Waals surface area contributed by atoms with Crippen molar-refractivity contribution in [2.24, 2.45) is 5.92 Å². The monoisotopic (exact) mass is 164 g/mol. The third-order valence-electron chi connectivity index (χ3n) is 1.74. The minimum Gasteiger partial charge on any atom is -0.149 e. The summed E-state index contributed by atoms with van der Waals surface area (Å²) in [6.07, 6.45) is 6.32. The summed E-state index contributed by atoms with van der Waals surface area (Å²) in [6, 6.07) is 2.14. The molecule has 0 aliphatic heterocycles. The van der Waals surface area contributed by atoms with Crippen LogP contribution in [0.4, 0.5) is 0 Å². The third-order valence-corrected chi connectivity index (χ3v) is 2.79. The van der Waals surface area contributed by atoms with Gasteiger partial charge >= 0.3 is 0 Å². The molecule has 0 saturated carbocycles. The summed E-state index contributed by atoms with van der Waals surface area (Å²) in [4.78, 5) is 1.43. The first-order valence-electron chi connectivity index (χ1n) is 3.73. The fraction of sp³-hybridized carbons (Fsp3) is 0.400. The van der Waals surface area contributed by atoms with Crippen LogP contribution in [0, 0.1) is 25.2 Å². The molecule has 0 nitrogen and oxygen atoms in total. The van der Waals surface area contributed by atoms with Crippen LogP contribution in [0.25, 0.3) is 0 Å². The zero-order valence-electron chi connectivity index (χ0n) is 6.92. The maximum absolute atomic E-state index is 5.29. The zero-order valence-corrected chi connectivity index (χ0v) is 7.74. The first-order chi connectivity index (χ1) is 5.24. The van der Waals surface area contributed by atoms with Crippen molar-refractivity contribution in [1.82, 2.24) is 0 Å². The van der Waals surface area contributed by atoms with Gasteiger partial charge in [0.2, 0.25) is 0 Å². The van der Waals surface area contributed by atoms with Crippen molar-refractivity contribution in [3.8, 4) is 12.3 Å². The lowest BCUT2D eigenvalue weighted by Gasteiger charge is -2.01. The number of thiophene rings is 1. The Morgan fingerprint density at radius 1 is 1.73 bits per heavy atom. The Balaban J connectivity index is 2.66. The lowest BCUT2D eigenvalue weighted by Crippen LogP contribution is -1.94. The maximum atomic E-state index is 5.29. The molecule has 1 heteroatoms. The van der Waals surface area contributed by atoms with Crippen molar-refractivity contribution in [1.29, 1.82) is 0 Å². The van der Waals surface area contributed by atoms with Crippen LogP contribution in [0.2, 0.25) is 0 Å². The van der Waals surface area contributed by atoms with Crippen LogP contribution in [0.5, 0.6) is 0 Å². The molecular weight excluding hydrogens is 152 g/mol. The van der Waals surface area contributed by atoms with E-state index < -0.39 is 0 Å². The molecule has 0 aliphatic carbocycles. The highest BCUT2D eigenvalue weighted by molar-refractivity contribution is 7.10. The summed E-state index contributed by atoms with van der Waals surface area (Å²) in [6.45, 7) is 4.22. The van der Waals surface area contributed by atoms with E-state index in [4.69, 9.17) is 6.42 Å². The standard InChI is InChI=1S/C10H12S/c1-4-8(2)7-10-9(3)5-6-11-10/h1,5-6,8H,7H2,2-3H3. The van der Waals surface area contributed by atoms with E-state index in [1.807, 2.05) is 0 Å². The second-order valence-corrected chi connectivity index (χ2v) is 3.80. The molecule has 0 saturated heterocycles. The summed E-state index contributed by atoms with van der Waals surface area (Å²) < 4.78 is 0. The summed E-state index contributed by atoms with van der Waals surface area (Å²) >= 11 is 1.80. The van der Waals surface area contributed by atoms with Gasteiger partial charge in [0, 0.05) is 10.8 Å². The predicted molar refractivity (Wildman–Crippen MR) is 50.8 cm³/mol. The van der Waals surface area contributed by atoms with E-state index in [0.717, 1.165) is 6.42 Å². The van der Waals surface area contributed by atoms with Gasteiger partial charge < -0.3 is 0 Å². The van der Waals surface area contributed by atoms with Crippen molar-refractivity contribution in [3.63, 3.8) is 0 Å². The average molecular weight is 164 g/mol. The maximum Gasteiger partial charge on any atom is 0.0220 e. The fourth-order valence-corrected chi connectivity index (χ4v) is 1.99. The first-order valence-corrected chi connectivity index (χ1v) is 4.61. The number of terminal acetylenes is 1. The third kappa shape index (κ3) is 2.10. The van der Waals surface area contributed by atoms with Gasteiger partial charge in [-0.1, -0.05) is 6.92 Å². The molecule has 1 aromatic rings. The Morgan fingerprint density at radius 2 is 2.45 bits per heavy atom. The van der Waals surface area contributed by atoms with Crippen LogP contribution < -0.4 is 0 Å². The van der Waals surface area contributed by atoms with Crippen LogP contribution in [0.3, 0.4) is 0 Å². The minimum absolute atomic E-state index is 0.368. The van der Waals surface area contributed by atoms with Crippen molar-refractivity contribution in [2.75, 3.05) is 0 Å². The molecule has 11 heavy (non-hydrogen) atoms. The number of hydrogen-bond donors (Lipinski definition) is 0. The first kappa shape index (κ1) is 8.36. The molecule has 1 rings (SSSR count). The normalized spacial score (nSPS) is 12.5. The van der Waals surface area contributed by atoms with Gasteiger partial charge in [-0.2, -0.15) is 0 Å². The van der Waals surface area contributed by atoms with Crippen molar-refractivity contribution in [3.05, 3.63) is 21.9 Å². The van der Waals surface area contributed by atoms with Gasteiger partial charge in [0.25, 0.3) is 0 Å². The van der Waals surface area contributed by atoms with E-state index in [1.165, 1.54) is 10.4 Å². The van der Waals surface area contributed by atoms with Gasteiger partial charge in [0.1, 0.15) is 0 Å². The molecule has 1 atom stereocenters. The quantitative estimate of drug-likeness (QED) is 0.590. The van der Waals surface area contributed by atoms with Gasteiger partial charge in [-0.15, -0.1) is 23.7 Å². The Labute approximate surface area is 72.3 Å². The molecule has 58 valence electrons. The molecule has 0 amide bonds. The van der Waals surface area contributed by atoms with E-state index in [2.05, 4.69) is 31.2 Å². The van der Waals surface area contributed by atoms with Gasteiger partial charge in [0.15, 0.2) is 0 Å². The van der Waals surface area contributed by atoms with Crippen molar-refractivity contribution in [2.45, 2.75) is 20.3 Å². The Bertz CT molecular complexity index is 265. The Hall–Kier alpha value is -0.740. The molecule has 1 aromatic heterocycles. The SMILES string of the molecule is C#CC(C)Cc1sccc1C. The van der Waals surface area contributed by atoms with E-state index in [-0.39, 0.29) is 0 Å². The minimum atomic E-state index is 0.368. The van der Waals surface area contributed by atoms with Gasteiger partial charge in [0.05, 0.1) is 0 Å². The highest BCUT2D eigenvalue weighted by atomic mass is 32.1. The molecule has 0 radical (unpaired) electrons. The van der Waals surface area contributed by atoms with Gasteiger partial charge in [-0.25, -0.2) is 0 Å². The highest BCUT2D eigenvalue weighted by Gasteiger charge is 2.03. The largest absolute Gasteiger partial charge is 0.149 e. The lowest BCUT2D eigenvalue weighted by molar-refractivity contribution is 0.758.